The molecule has 0 spiro atoms. The fourth-order valence-electron chi connectivity index (χ4n) is 10.1. The number of likely N-dealkylation sites (tertiary alicyclic amines) is 1. The van der Waals surface area contributed by atoms with Crippen molar-refractivity contribution in [1.82, 2.24) is 34.6 Å². The number of piperidine rings is 3. The van der Waals surface area contributed by atoms with Gasteiger partial charge in [-0.05, 0) is 130 Å². The monoisotopic (exact) mass is 840 g/mol. The van der Waals surface area contributed by atoms with E-state index >= 15 is 4.39 Å². The molecule has 324 valence electrons. The SMILES string of the molecule is C[C@@H](c1cc2c(-c3ccc(N)nc3)ccnc2n1C)N1CCC(c2ccc(C(=O)N3CCN(CC4CCN(c5ccc(NC6CCC(=O)NC6=O)cc5F)CC4)CC3)cc2)CC1. The smallest absolute Gasteiger partial charge is 0.253 e. The van der Waals surface area contributed by atoms with Crippen LogP contribution in [0.2, 0.25) is 0 Å². The lowest BCUT2D eigenvalue weighted by Gasteiger charge is -2.39. The Labute approximate surface area is 362 Å². The number of aryl methyl sites for hydroxylation is 1. The van der Waals surface area contributed by atoms with Gasteiger partial charge in [0, 0.05) is 106 Å². The Bertz CT molecular complexity index is 2410. The Morgan fingerprint density at radius 3 is 2.34 bits per heavy atom. The number of amides is 3. The molecule has 13 nitrogen and oxygen atoms in total. The predicted octanol–water partition coefficient (Wildman–Crippen LogP) is 6.19. The van der Waals surface area contributed by atoms with Crippen molar-refractivity contribution in [3.05, 3.63) is 102 Å². The zero-order valence-electron chi connectivity index (χ0n) is 35.7. The van der Waals surface area contributed by atoms with Gasteiger partial charge in [0.1, 0.15) is 23.3 Å². The molecule has 0 saturated carbocycles. The van der Waals surface area contributed by atoms with Gasteiger partial charge < -0.3 is 25.4 Å². The second kappa shape index (κ2) is 17.9. The normalized spacial score (nSPS) is 20.4. The van der Waals surface area contributed by atoms with Crippen molar-refractivity contribution in [2.75, 3.05) is 74.9 Å². The van der Waals surface area contributed by atoms with Gasteiger partial charge in [0.15, 0.2) is 0 Å². The largest absolute Gasteiger partial charge is 0.384 e. The summed E-state index contributed by atoms with van der Waals surface area (Å²) in [6, 6.07) is 21.3. The van der Waals surface area contributed by atoms with E-state index in [4.69, 9.17) is 10.7 Å². The molecule has 4 N–H and O–H groups in total. The number of nitrogens with two attached hydrogens (primary N) is 1. The molecule has 7 heterocycles. The number of fused-ring (bicyclic) bond motifs is 1. The molecular formula is C48H57FN10O3. The number of halogens is 1. The third-order valence-electron chi connectivity index (χ3n) is 13.9. The average Bonchev–Trinajstić information content (AvgIpc) is 3.64. The van der Waals surface area contributed by atoms with Crippen molar-refractivity contribution in [1.29, 1.82) is 0 Å². The molecule has 14 heteroatoms. The van der Waals surface area contributed by atoms with Gasteiger partial charge in [-0.3, -0.25) is 29.5 Å². The molecule has 3 aromatic heterocycles. The molecule has 0 aliphatic carbocycles. The van der Waals surface area contributed by atoms with E-state index in [1.165, 1.54) is 17.3 Å². The molecule has 4 saturated heterocycles. The Hall–Kier alpha value is -5.86. The maximum atomic E-state index is 15.2. The number of nitrogens with zero attached hydrogens (tertiary/aromatic N) is 7. The number of nitrogens with one attached hydrogen (secondary N) is 2. The third kappa shape index (κ3) is 8.76. The number of nitrogen functional groups attached to an aromatic ring is 1. The van der Waals surface area contributed by atoms with Crippen molar-refractivity contribution < 1.29 is 18.8 Å². The van der Waals surface area contributed by atoms with Crippen LogP contribution in [-0.4, -0.2) is 112 Å². The summed E-state index contributed by atoms with van der Waals surface area (Å²) in [4.78, 5) is 55.4. The van der Waals surface area contributed by atoms with Gasteiger partial charge in [0.25, 0.3) is 5.91 Å². The van der Waals surface area contributed by atoms with Gasteiger partial charge in [-0.25, -0.2) is 14.4 Å². The number of rotatable bonds is 10. The van der Waals surface area contributed by atoms with Crippen LogP contribution in [0.3, 0.4) is 0 Å². The zero-order chi connectivity index (χ0) is 42.9. The highest BCUT2D eigenvalue weighted by Crippen LogP contribution is 2.36. The second-order valence-corrected chi connectivity index (χ2v) is 17.6. The van der Waals surface area contributed by atoms with Crippen LogP contribution in [0.1, 0.15) is 79.0 Å². The first kappa shape index (κ1) is 41.5. The summed E-state index contributed by atoms with van der Waals surface area (Å²) in [6.07, 6.45) is 8.44. The summed E-state index contributed by atoms with van der Waals surface area (Å²) in [5.74, 6) is 0.634. The first-order valence-corrected chi connectivity index (χ1v) is 22.2. The molecule has 1 unspecified atom stereocenters. The van der Waals surface area contributed by atoms with Gasteiger partial charge in [-0.1, -0.05) is 12.1 Å². The van der Waals surface area contributed by atoms with E-state index < -0.39 is 6.04 Å². The number of imide groups is 1. The number of carbonyl (C=O) groups excluding carboxylic acids is 3. The van der Waals surface area contributed by atoms with Crippen molar-refractivity contribution >= 4 is 45.9 Å². The highest BCUT2D eigenvalue weighted by atomic mass is 19.1. The topological polar surface area (TPSA) is 145 Å². The van der Waals surface area contributed by atoms with Gasteiger partial charge >= 0.3 is 0 Å². The van der Waals surface area contributed by atoms with Crippen LogP contribution in [0, 0.1) is 11.7 Å². The molecule has 4 aliphatic rings. The highest BCUT2D eigenvalue weighted by molar-refractivity contribution is 6.01. The molecule has 2 aromatic carbocycles. The molecule has 0 bridgehead atoms. The van der Waals surface area contributed by atoms with Crippen LogP contribution in [0.5, 0.6) is 0 Å². The lowest BCUT2D eigenvalue weighted by Crippen LogP contribution is -2.50. The van der Waals surface area contributed by atoms with Crippen molar-refractivity contribution in [3.8, 4) is 11.1 Å². The first-order valence-electron chi connectivity index (χ1n) is 22.2. The number of benzene rings is 2. The van der Waals surface area contributed by atoms with E-state index in [0.29, 0.717) is 48.5 Å². The summed E-state index contributed by atoms with van der Waals surface area (Å²) in [5, 5.41) is 6.52. The number of hydrogen-bond donors (Lipinski definition) is 3. The zero-order valence-corrected chi connectivity index (χ0v) is 35.7. The number of carbonyl (C=O) groups is 3. The minimum atomic E-state index is -0.548. The van der Waals surface area contributed by atoms with Gasteiger partial charge in [-0.2, -0.15) is 0 Å². The Morgan fingerprint density at radius 1 is 0.887 bits per heavy atom. The van der Waals surface area contributed by atoms with E-state index in [1.807, 2.05) is 47.6 Å². The molecule has 3 amide bonds. The van der Waals surface area contributed by atoms with Gasteiger partial charge in [0.05, 0.1) is 5.69 Å². The molecule has 62 heavy (non-hydrogen) atoms. The van der Waals surface area contributed by atoms with E-state index in [-0.39, 0.29) is 36.0 Å². The lowest BCUT2D eigenvalue weighted by molar-refractivity contribution is -0.133. The van der Waals surface area contributed by atoms with Crippen LogP contribution < -0.4 is 21.3 Å². The highest BCUT2D eigenvalue weighted by Gasteiger charge is 2.30. The molecule has 5 aromatic rings. The predicted molar refractivity (Wildman–Crippen MR) is 240 cm³/mol. The summed E-state index contributed by atoms with van der Waals surface area (Å²) < 4.78 is 17.5. The lowest BCUT2D eigenvalue weighted by atomic mass is 9.88. The summed E-state index contributed by atoms with van der Waals surface area (Å²) in [6.45, 7) is 9.98. The van der Waals surface area contributed by atoms with E-state index in [0.717, 1.165) is 99.2 Å². The molecular weight excluding hydrogens is 784 g/mol. The van der Waals surface area contributed by atoms with E-state index in [9.17, 15) is 14.4 Å². The number of pyridine rings is 2. The van der Waals surface area contributed by atoms with Crippen LogP contribution >= 0.6 is 0 Å². The average molecular weight is 841 g/mol. The van der Waals surface area contributed by atoms with Gasteiger partial charge in [-0.15, -0.1) is 0 Å². The fraction of sp³-hybridized carbons (Fsp3) is 0.438. The third-order valence-corrected chi connectivity index (χ3v) is 13.9. The van der Waals surface area contributed by atoms with Crippen LogP contribution in [0.4, 0.5) is 21.6 Å². The van der Waals surface area contributed by atoms with Gasteiger partial charge in [0.2, 0.25) is 11.8 Å². The van der Waals surface area contributed by atoms with Crippen LogP contribution in [-0.2, 0) is 16.6 Å². The van der Waals surface area contributed by atoms with Crippen molar-refractivity contribution in [2.45, 2.75) is 63.5 Å². The summed E-state index contributed by atoms with van der Waals surface area (Å²) >= 11 is 0. The summed E-state index contributed by atoms with van der Waals surface area (Å²) in [5.41, 5.74) is 13.4. The molecule has 2 atom stereocenters. The Morgan fingerprint density at radius 2 is 1.65 bits per heavy atom. The molecule has 0 radical (unpaired) electrons. The minimum Gasteiger partial charge on any atom is -0.384 e. The summed E-state index contributed by atoms with van der Waals surface area (Å²) in [7, 11) is 2.11. The number of hydrogen-bond acceptors (Lipinski definition) is 10. The maximum Gasteiger partial charge on any atom is 0.253 e. The standard InChI is InChI=1S/C48H57FN10O3/c1-31(43-28-39-38(13-18-51-46(39)55(43)2)36-7-11-44(50)52-29-36)57-21-16-34(17-22-57)33-3-5-35(6-4-33)48(62)59-25-23-56(24-26-59)30-32-14-19-58(20-15-32)42-10-8-37(27-40(42)49)53-41-9-12-45(60)54-47(41)61/h3-8,10-11,13,18,27-29,31-32,34,41,53H,9,12,14-17,19-26,30H2,1-2H3,(H2,50,52)(H,54,60,61)/t31-,41?/m0/s1. The number of aromatic nitrogens is 3. The van der Waals surface area contributed by atoms with Crippen molar-refractivity contribution in [2.24, 2.45) is 13.0 Å². The minimum absolute atomic E-state index is 0.105. The molecule has 4 fully saturated rings. The number of piperazine rings is 1. The molecule has 9 rings (SSSR count). The van der Waals surface area contributed by atoms with Crippen molar-refractivity contribution in [3.63, 3.8) is 0 Å². The van der Waals surface area contributed by atoms with Crippen LogP contribution in [0.25, 0.3) is 22.2 Å². The molecule has 4 aliphatic heterocycles. The van der Waals surface area contributed by atoms with E-state index in [1.54, 1.807) is 12.1 Å². The van der Waals surface area contributed by atoms with Crippen LogP contribution in [0.15, 0.2) is 79.1 Å². The quantitative estimate of drug-likeness (QED) is 0.139. The Kier molecular flexibility index (Phi) is 11.9. The van der Waals surface area contributed by atoms with E-state index in [2.05, 4.69) is 67.1 Å². The maximum absolute atomic E-state index is 15.2. The number of anilines is 3. The first-order chi connectivity index (χ1) is 30.1. The Balaban J connectivity index is 0.716. The second-order valence-electron chi connectivity index (χ2n) is 17.6. The fourth-order valence-corrected chi connectivity index (χ4v) is 10.1.